The predicted molar refractivity (Wildman–Crippen MR) is 146 cm³/mol. The molecule has 3 aromatic rings. The number of hydrogen-bond acceptors (Lipinski definition) is 3. The fourth-order valence-electron chi connectivity index (χ4n) is 3.55. The second-order valence-corrected chi connectivity index (χ2v) is 11.2. The van der Waals surface area contributed by atoms with Crippen LogP contribution in [0.4, 0.5) is 0 Å². The molecular formula is C28H30Br2N2O3. The minimum Gasteiger partial charge on any atom is -0.484 e. The largest absolute Gasteiger partial charge is 0.484 e. The number of carbonyl (C=O) groups excluding carboxylic acids is 2. The van der Waals surface area contributed by atoms with Crippen LogP contribution in [0, 0.1) is 0 Å². The molecule has 1 atom stereocenters. The molecule has 0 spiro atoms. The quantitative estimate of drug-likeness (QED) is 0.320. The third-order valence-corrected chi connectivity index (χ3v) is 6.27. The summed E-state index contributed by atoms with van der Waals surface area (Å²) < 4.78 is 7.66. The van der Waals surface area contributed by atoms with Crippen molar-refractivity contribution in [2.45, 2.75) is 45.3 Å². The third-order valence-electron chi connectivity index (χ3n) is 5.21. The van der Waals surface area contributed by atoms with Gasteiger partial charge in [0.05, 0.1) is 0 Å². The van der Waals surface area contributed by atoms with E-state index in [4.69, 9.17) is 4.74 Å². The molecular weight excluding hydrogens is 572 g/mol. The molecule has 0 aromatic heterocycles. The van der Waals surface area contributed by atoms with Crippen molar-refractivity contribution in [2.24, 2.45) is 0 Å². The van der Waals surface area contributed by atoms with Crippen LogP contribution in [0.1, 0.15) is 31.9 Å². The lowest BCUT2D eigenvalue weighted by Gasteiger charge is -2.33. The number of nitrogens with one attached hydrogen (secondary N) is 1. The summed E-state index contributed by atoms with van der Waals surface area (Å²) in [5.74, 6) is 0.125. The molecule has 0 aliphatic rings. The molecule has 35 heavy (non-hydrogen) atoms. The summed E-state index contributed by atoms with van der Waals surface area (Å²) >= 11 is 6.86. The van der Waals surface area contributed by atoms with Gasteiger partial charge >= 0.3 is 0 Å². The van der Waals surface area contributed by atoms with Crippen molar-refractivity contribution >= 4 is 43.7 Å². The van der Waals surface area contributed by atoms with Crippen LogP contribution < -0.4 is 10.1 Å². The topological polar surface area (TPSA) is 58.6 Å². The van der Waals surface area contributed by atoms with Crippen molar-refractivity contribution in [2.75, 3.05) is 6.61 Å². The standard InChI is InChI=1S/C28H30Br2N2O3/c1-28(2,3)31-27(34)25(17-20-7-5-4-6-8-20)32(18-21-9-11-22(29)12-10-21)26(33)19-35-24-15-13-23(30)14-16-24/h4-16,25H,17-19H2,1-3H3,(H,31,34). The zero-order valence-corrected chi connectivity index (χ0v) is 23.3. The van der Waals surface area contributed by atoms with E-state index >= 15 is 0 Å². The van der Waals surface area contributed by atoms with Gasteiger partial charge in [0.2, 0.25) is 5.91 Å². The Labute approximate surface area is 224 Å². The predicted octanol–water partition coefficient (Wildman–Crippen LogP) is 6.15. The van der Waals surface area contributed by atoms with Gasteiger partial charge in [-0.05, 0) is 68.3 Å². The number of halogens is 2. The van der Waals surface area contributed by atoms with Gasteiger partial charge in [0.1, 0.15) is 11.8 Å². The van der Waals surface area contributed by atoms with E-state index in [1.165, 1.54) is 0 Å². The first-order valence-corrected chi connectivity index (χ1v) is 13.0. The number of ether oxygens (including phenoxy) is 1. The van der Waals surface area contributed by atoms with E-state index < -0.39 is 11.6 Å². The van der Waals surface area contributed by atoms with Crippen molar-refractivity contribution in [1.29, 1.82) is 0 Å². The highest BCUT2D eigenvalue weighted by atomic mass is 79.9. The number of hydrogen-bond donors (Lipinski definition) is 1. The van der Waals surface area contributed by atoms with Gasteiger partial charge in [-0.25, -0.2) is 0 Å². The van der Waals surface area contributed by atoms with Gasteiger partial charge in [0.25, 0.3) is 5.91 Å². The van der Waals surface area contributed by atoms with E-state index in [1.807, 2.05) is 87.5 Å². The van der Waals surface area contributed by atoms with E-state index in [0.717, 1.165) is 20.1 Å². The molecule has 0 aliphatic carbocycles. The molecule has 0 fully saturated rings. The summed E-state index contributed by atoms with van der Waals surface area (Å²) in [5, 5.41) is 3.06. The number of rotatable bonds is 9. The van der Waals surface area contributed by atoms with Crippen LogP contribution in [0.15, 0.2) is 87.8 Å². The Hall–Kier alpha value is -2.64. The van der Waals surface area contributed by atoms with E-state index in [0.29, 0.717) is 12.2 Å². The van der Waals surface area contributed by atoms with Crippen molar-refractivity contribution in [3.8, 4) is 5.75 Å². The number of nitrogens with zero attached hydrogens (tertiary/aromatic N) is 1. The zero-order valence-electron chi connectivity index (χ0n) is 20.1. The molecule has 184 valence electrons. The van der Waals surface area contributed by atoms with E-state index in [2.05, 4.69) is 37.2 Å². The molecule has 0 saturated carbocycles. The van der Waals surface area contributed by atoms with Crippen LogP contribution in [-0.4, -0.2) is 34.9 Å². The Kier molecular flexibility index (Phi) is 9.52. The lowest BCUT2D eigenvalue weighted by atomic mass is 10.0. The summed E-state index contributed by atoms with van der Waals surface area (Å²) in [6.45, 7) is 5.91. The third kappa shape index (κ3) is 8.82. The molecule has 0 bridgehead atoms. The van der Waals surface area contributed by atoms with Gasteiger partial charge < -0.3 is 15.0 Å². The van der Waals surface area contributed by atoms with Gasteiger partial charge in [0.15, 0.2) is 6.61 Å². The van der Waals surface area contributed by atoms with Gasteiger partial charge in [0, 0.05) is 27.4 Å². The minimum absolute atomic E-state index is 0.174. The first kappa shape index (κ1) is 27.0. The second-order valence-electron chi connectivity index (χ2n) is 9.34. The van der Waals surface area contributed by atoms with Crippen molar-refractivity contribution in [3.05, 3.63) is 98.9 Å². The fraction of sp³-hybridized carbons (Fsp3) is 0.286. The summed E-state index contributed by atoms with van der Waals surface area (Å²) in [6, 6.07) is 24.1. The Morgan fingerprint density at radius 1 is 0.857 bits per heavy atom. The van der Waals surface area contributed by atoms with Crippen LogP contribution in [0.3, 0.4) is 0 Å². The lowest BCUT2D eigenvalue weighted by Crippen LogP contribution is -2.55. The molecule has 7 heteroatoms. The van der Waals surface area contributed by atoms with Gasteiger partial charge in [-0.2, -0.15) is 0 Å². The molecule has 0 radical (unpaired) electrons. The molecule has 2 amide bonds. The molecule has 0 aliphatic heterocycles. The van der Waals surface area contributed by atoms with Crippen LogP contribution in [0.2, 0.25) is 0 Å². The monoisotopic (exact) mass is 600 g/mol. The average Bonchev–Trinajstić information content (AvgIpc) is 2.81. The summed E-state index contributed by atoms with van der Waals surface area (Å²) in [5.41, 5.74) is 1.46. The van der Waals surface area contributed by atoms with Crippen LogP contribution >= 0.6 is 31.9 Å². The maximum absolute atomic E-state index is 13.6. The van der Waals surface area contributed by atoms with Crippen molar-refractivity contribution < 1.29 is 14.3 Å². The molecule has 0 heterocycles. The molecule has 3 aromatic carbocycles. The maximum Gasteiger partial charge on any atom is 0.261 e. The maximum atomic E-state index is 13.6. The molecule has 1 N–H and O–H groups in total. The number of carbonyl (C=O) groups is 2. The van der Waals surface area contributed by atoms with Gasteiger partial charge in [-0.1, -0.05) is 74.3 Å². The SMILES string of the molecule is CC(C)(C)NC(=O)C(Cc1ccccc1)N(Cc1ccc(Br)cc1)C(=O)COc1ccc(Br)cc1. The molecule has 1 unspecified atom stereocenters. The lowest BCUT2D eigenvalue weighted by molar-refractivity contribution is -0.143. The Morgan fingerprint density at radius 2 is 1.43 bits per heavy atom. The van der Waals surface area contributed by atoms with Crippen LogP contribution in [-0.2, 0) is 22.6 Å². The fourth-order valence-corrected chi connectivity index (χ4v) is 4.08. The second kappa shape index (κ2) is 12.4. The smallest absolute Gasteiger partial charge is 0.261 e. The summed E-state index contributed by atoms with van der Waals surface area (Å²) in [6.07, 6.45) is 0.392. The number of amides is 2. The van der Waals surface area contributed by atoms with Crippen molar-refractivity contribution in [1.82, 2.24) is 10.2 Å². The van der Waals surface area contributed by atoms with Gasteiger partial charge in [-0.15, -0.1) is 0 Å². The molecule has 0 saturated heterocycles. The first-order valence-electron chi connectivity index (χ1n) is 11.4. The minimum atomic E-state index is -0.707. The highest BCUT2D eigenvalue weighted by Crippen LogP contribution is 2.20. The first-order chi connectivity index (χ1) is 16.6. The zero-order chi connectivity index (χ0) is 25.4. The Balaban J connectivity index is 1.91. The Bertz CT molecular complexity index is 1110. The number of benzene rings is 3. The molecule has 3 rings (SSSR count). The average molecular weight is 602 g/mol. The normalized spacial score (nSPS) is 12.0. The van der Waals surface area contributed by atoms with Gasteiger partial charge in [-0.3, -0.25) is 9.59 Å². The Morgan fingerprint density at radius 3 is 2.00 bits per heavy atom. The van der Waals surface area contributed by atoms with Crippen LogP contribution in [0.5, 0.6) is 5.75 Å². The van der Waals surface area contributed by atoms with E-state index in [-0.39, 0.29) is 25.0 Å². The summed E-state index contributed by atoms with van der Waals surface area (Å²) in [4.78, 5) is 28.7. The van der Waals surface area contributed by atoms with E-state index in [9.17, 15) is 9.59 Å². The van der Waals surface area contributed by atoms with Crippen LogP contribution in [0.25, 0.3) is 0 Å². The van der Waals surface area contributed by atoms with E-state index in [1.54, 1.807) is 17.0 Å². The summed E-state index contributed by atoms with van der Waals surface area (Å²) in [7, 11) is 0. The highest BCUT2D eigenvalue weighted by Gasteiger charge is 2.32. The molecule has 5 nitrogen and oxygen atoms in total. The van der Waals surface area contributed by atoms with Crippen molar-refractivity contribution in [3.63, 3.8) is 0 Å². The highest BCUT2D eigenvalue weighted by molar-refractivity contribution is 9.10.